The average molecular weight is 317 g/mol. The summed E-state index contributed by atoms with van der Waals surface area (Å²) in [7, 11) is 0. The molecule has 0 aliphatic carbocycles. The predicted octanol–water partition coefficient (Wildman–Crippen LogP) is 2.99. The first kappa shape index (κ1) is 16.2. The normalized spacial score (nSPS) is 12.8. The van der Waals surface area contributed by atoms with E-state index in [1.807, 2.05) is 12.1 Å². The predicted molar refractivity (Wildman–Crippen MR) is 87.3 cm³/mol. The number of benzene rings is 1. The molecule has 1 atom stereocenters. The molecule has 0 spiro atoms. The molecule has 1 amide bonds. The largest absolute Gasteiger partial charge is 0.387 e. The van der Waals surface area contributed by atoms with Crippen LogP contribution in [0.25, 0.3) is 6.08 Å². The number of hydrogen-bond acceptors (Lipinski definition) is 3. The monoisotopic (exact) mass is 316 g/mol. The molecule has 1 aromatic carbocycles. The summed E-state index contributed by atoms with van der Waals surface area (Å²) in [5.41, 5.74) is 2.12. The maximum absolute atomic E-state index is 12.0. The molecular weight excluding hydrogens is 300 g/mol. The Kier molecular flexibility index (Phi) is 5.69. The molecular formula is C17H17ClN2O2. The molecule has 0 saturated carbocycles. The molecule has 114 valence electrons. The van der Waals surface area contributed by atoms with Crippen LogP contribution in [-0.2, 0) is 4.79 Å². The number of rotatable bonds is 5. The van der Waals surface area contributed by atoms with Crippen LogP contribution in [0.2, 0.25) is 5.02 Å². The Labute approximate surface area is 134 Å². The van der Waals surface area contributed by atoms with Crippen LogP contribution in [0.15, 0.2) is 54.4 Å². The summed E-state index contributed by atoms with van der Waals surface area (Å²) in [6.45, 7) is 1.86. The average Bonchev–Trinajstić information content (AvgIpc) is 2.53. The summed E-state index contributed by atoms with van der Waals surface area (Å²) < 4.78 is 0. The van der Waals surface area contributed by atoms with Crippen molar-refractivity contribution in [3.8, 4) is 0 Å². The minimum Gasteiger partial charge on any atom is -0.387 e. The fraction of sp³-hybridized carbons (Fsp3) is 0.176. The van der Waals surface area contributed by atoms with E-state index in [0.29, 0.717) is 16.2 Å². The third-order valence-electron chi connectivity index (χ3n) is 3.14. The third kappa shape index (κ3) is 4.69. The van der Waals surface area contributed by atoms with E-state index < -0.39 is 6.10 Å². The van der Waals surface area contributed by atoms with Gasteiger partial charge in [-0.1, -0.05) is 23.7 Å². The van der Waals surface area contributed by atoms with Crippen LogP contribution < -0.4 is 5.32 Å². The lowest BCUT2D eigenvalue weighted by molar-refractivity contribution is -0.117. The number of carbonyl (C=O) groups is 1. The maximum Gasteiger partial charge on any atom is 0.247 e. The number of carbonyl (C=O) groups excluding carboxylic acids is 1. The summed E-state index contributed by atoms with van der Waals surface area (Å²) in [5.74, 6) is -0.229. The second-order valence-electron chi connectivity index (χ2n) is 4.89. The van der Waals surface area contributed by atoms with E-state index in [4.69, 9.17) is 11.6 Å². The lowest BCUT2D eigenvalue weighted by atomic mass is 10.1. The highest BCUT2D eigenvalue weighted by Gasteiger charge is 2.10. The Morgan fingerprint density at radius 2 is 2.09 bits per heavy atom. The van der Waals surface area contributed by atoms with E-state index in [2.05, 4.69) is 10.3 Å². The van der Waals surface area contributed by atoms with Crippen molar-refractivity contribution in [2.75, 3.05) is 6.54 Å². The Hall–Kier alpha value is -2.17. The maximum atomic E-state index is 12.0. The first-order valence-electron chi connectivity index (χ1n) is 6.86. The summed E-state index contributed by atoms with van der Waals surface area (Å²) >= 11 is 5.91. The number of aromatic nitrogens is 1. The number of nitrogens with one attached hydrogen (secondary N) is 1. The van der Waals surface area contributed by atoms with Gasteiger partial charge < -0.3 is 10.4 Å². The van der Waals surface area contributed by atoms with E-state index in [0.717, 1.165) is 5.56 Å². The van der Waals surface area contributed by atoms with E-state index in [1.165, 1.54) is 0 Å². The van der Waals surface area contributed by atoms with Gasteiger partial charge in [0.05, 0.1) is 6.10 Å². The number of nitrogens with zero attached hydrogens (tertiary/aromatic N) is 1. The highest BCUT2D eigenvalue weighted by atomic mass is 35.5. The number of hydrogen-bond donors (Lipinski definition) is 2. The molecule has 2 aromatic rings. The van der Waals surface area contributed by atoms with Gasteiger partial charge in [0.2, 0.25) is 5.91 Å². The molecule has 0 aliphatic rings. The molecule has 2 rings (SSSR count). The molecule has 5 heteroatoms. The summed E-state index contributed by atoms with van der Waals surface area (Å²) in [4.78, 5) is 15.9. The summed E-state index contributed by atoms with van der Waals surface area (Å²) in [6, 6.07) is 10.7. The minimum atomic E-state index is -0.758. The molecule has 0 bridgehead atoms. The molecule has 22 heavy (non-hydrogen) atoms. The fourth-order valence-corrected chi connectivity index (χ4v) is 2.14. The van der Waals surface area contributed by atoms with Crippen molar-refractivity contribution in [1.29, 1.82) is 0 Å². The molecule has 1 unspecified atom stereocenters. The minimum absolute atomic E-state index is 0.142. The van der Waals surface area contributed by atoms with E-state index in [1.54, 1.807) is 49.7 Å². The lowest BCUT2D eigenvalue weighted by Gasteiger charge is -2.12. The SMILES string of the molecule is C/C(=C/c1cccc(Cl)c1)C(=O)NCC(O)c1ccncc1. The number of aliphatic hydroxyl groups excluding tert-OH is 1. The molecule has 2 N–H and O–H groups in total. The van der Waals surface area contributed by atoms with Gasteiger partial charge in [0.15, 0.2) is 0 Å². The molecule has 1 heterocycles. The van der Waals surface area contributed by atoms with Crippen LogP contribution >= 0.6 is 11.6 Å². The highest BCUT2D eigenvalue weighted by molar-refractivity contribution is 6.30. The van der Waals surface area contributed by atoms with Crippen molar-refractivity contribution in [1.82, 2.24) is 10.3 Å². The number of halogens is 1. The van der Waals surface area contributed by atoms with E-state index >= 15 is 0 Å². The van der Waals surface area contributed by atoms with Crippen molar-refractivity contribution in [2.24, 2.45) is 0 Å². The summed E-state index contributed by atoms with van der Waals surface area (Å²) in [5, 5.41) is 13.3. The van der Waals surface area contributed by atoms with Gasteiger partial charge in [-0.25, -0.2) is 0 Å². The highest BCUT2D eigenvalue weighted by Crippen LogP contribution is 2.14. The second kappa shape index (κ2) is 7.73. The van der Waals surface area contributed by atoms with Crippen LogP contribution in [0.3, 0.4) is 0 Å². The Morgan fingerprint density at radius 1 is 1.36 bits per heavy atom. The van der Waals surface area contributed by atoms with Crippen molar-refractivity contribution >= 4 is 23.6 Å². The first-order valence-corrected chi connectivity index (χ1v) is 7.24. The van der Waals surface area contributed by atoms with Crippen molar-refractivity contribution in [3.63, 3.8) is 0 Å². The zero-order chi connectivity index (χ0) is 15.9. The van der Waals surface area contributed by atoms with Gasteiger partial charge in [0.1, 0.15) is 0 Å². The van der Waals surface area contributed by atoms with Crippen LogP contribution in [-0.4, -0.2) is 22.5 Å². The third-order valence-corrected chi connectivity index (χ3v) is 3.37. The van der Waals surface area contributed by atoms with Crippen molar-refractivity contribution < 1.29 is 9.90 Å². The van der Waals surface area contributed by atoms with Crippen LogP contribution in [0.1, 0.15) is 24.2 Å². The number of amides is 1. The van der Waals surface area contributed by atoms with Gasteiger partial charge in [-0.05, 0) is 48.4 Å². The standard InChI is InChI=1S/C17H17ClN2O2/c1-12(9-13-3-2-4-15(18)10-13)17(22)20-11-16(21)14-5-7-19-8-6-14/h2-10,16,21H,11H2,1H3,(H,20,22)/b12-9-. The topological polar surface area (TPSA) is 62.2 Å². The van der Waals surface area contributed by atoms with E-state index in [9.17, 15) is 9.90 Å². The zero-order valence-corrected chi connectivity index (χ0v) is 12.9. The Balaban J connectivity index is 1.94. The molecule has 4 nitrogen and oxygen atoms in total. The lowest BCUT2D eigenvalue weighted by Crippen LogP contribution is -2.28. The fourth-order valence-electron chi connectivity index (χ4n) is 1.94. The van der Waals surface area contributed by atoms with Crippen LogP contribution in [0, 0.1) is 0 Å². The quantitative estimate of drug-likeness (QED) is 0.834. The molecule has 0 radical (unpaired) electrons. The smallest absolute Gasteiger partial charge is 0.247 e. The first-order chi connectivity index (χ1) is 10.6. The van der Waals surface area contributed by atoms with Crippen molar-refractivity contribution in [3.05, 3.63) is 70.5 Å². The van der Waals surface area contributed by atoms with Crippen LogP contribution in [0.5, 0.6) is 0 Å². The van der Waals surface area contributed by atoms with Crippen molar-refractivity contribution in [2.45, 2.75) is 13.0 Å². The van der Waals surface area contributed by atoms with Gasteiger partial charge in [0, 0.05) is 29.5 Å². The number of pyridine rings is 1. The van der Waals surface area contributed by atoms with E-state index in [-0.39, 0.29) is 12.5 Å². The molecule has 1 aromatic heterocycles. The summed E-state index contributed by atoms with van der Waals surface area (Å²) in [6.07, 6.45) is 4.20. The Morgan fingerprint density at radius 3 is 2.77 bits per heavy atom. The van der Waals surface area contributed by atoms with Gasteiger partial charge in [0.25, 0.3) is 0 Å². The zero-order valence-electron chi connectivity index (χ0n) is 12.2. The molecule has 0 saturated heterocycles. The second-order valence-corrected chi connectivity index (χ2v) is 5.33. The molecule has 0 aliphatic heterocycles. The van der Waals surface area contributed by atoms with Crippen LogP contribution in [0.4, 0.5) is 0 Å². The number of aliphatic hydroxyl groups is 1. The van der Waals surface area contributed by atoms with Gasteiger partial charge >= 0.3 is 0 Å². The molecule has 0 fully saturated rings. The van der Waals surface area contributed by atoms with Gasteiger partial charge in [-0.15, -0.1) is 0 Å². The Bertz CT molecular complexity index is 671. The van der Waals surface area contributed by atoms with Gasteiger partial charge in [-0.3, -0.25) is 9.78 Å². The van der Waals surface area contributed by atoms with Gasteiger partial charge in [-0.2, -0.15) is 0 Å².